The van der Waals surface area contributed by atoms with E-state index in [1.807, 2.05) is 30.3 Å². The van der Waals surface area contributed by atoms with E-state index in [2.05, 4.69) is 31.8 Å². The fraction of sp³-hybridized carbons (Fsp3) is 0.389. The van der Waals surface area contributed by atoms with Crippen LogP contribution in [0.1, 0.15) is 19.8 Å². The number of hydrazine groups is 2. The molecule has 0 spiro atoms. The van der Waals surface area contributed by atoms with E-state index in [1.165, 1.54) is 5.01 Å². The minimum atomic E-state index is -0.608. The highest BCUT2D eigenvalue weighted by atomic mass is 79.9. The molecule has 1 aliphatic heterocycles. The van der Waals surface area contributed by atoms with E-state index in [-0.39, 0.29) is 24.2 Å². The van der Waals surface area contributed by atoms with Crippen LogP contribution in [0.25, 0.3) is 10.9 Å². The molecule has 28 heavy (non-hydrogen) atoms. The van der Waals surface area contributed by atoms with Crippen molar-refractivity contribution in [3.05, 3.63) is 34.8 Å². The molecule has 8 nitrogen and oxygen atoms in total. The lowest BCUT2D eigenvalue weighted by atomic mass is 10.1. The summed E-state index contributed by atoms with van der Waals surface area (Å²) in [5.74, 6) is 0.173. The van der Waals surface area contributed by atoms with Crippen molar-refractivity contribution in [3.8, 4) is 0 Å². The van der Waals surface area contributed by atoms with Crippen LogP contribution in [0, 0.1) is 0 Å². The standard InChI is InChI=1S/C18H23BrN6O2.ClH/c1-11(20)18(27)25-9-3-4-14(22-25)17(26)23-24(2)16-8-6-12-5-7-13(19)10-15(12)21-16;/h5-8,10-11,14,22H,3-4,9,20H2,1-2H3,(H,23,26);1H/t11-,14-;/m0./s1. The van der Waals surface area contributed by atoms with Crippen molar-refractivity contribution >= 4 is 56.9 Å². The first-order valence-electron chi connectivity index (χ1n) is 8.79. The summed E-state index contributed by atoms with van der Waals surface area (Å²) in [5.41, 5.74) is 12.3. The highest BCUT2D eigenvalue weighted by Gasteiger charge is 2.29. The number of hydrogen-bond acceptors (Lipinski definition) is 6. The number of carbonyl (C=O) groups is 2. The SMILES string of the molecule is C[C@H](N)C(=O)N1CCC[C@@H](C(=O)NN(C)c2ccc3ccc(Br)cc3n2)N1.Cl. The molecule has 3 rings (SSSR count). The van der Waals surface area contributed by atoms with Gasteiger partial charge in [-0.2, -0.15) is 0 Å². The van der Waals surface area contributed by atoms with Gasteiger partial charge in [0.1, 0.15) is 11.9 Å². The Hall–Kier alpha value is -1.94. The van der Waals surface area contributed by atoms with Crippen LogP contribution in [0.15, 0.2) is 34.8 Å². The number of benzene rings is 1. The van der Waals surface area contributed by atoms with Crippen LogP contribution >= 0.6 is 28.3 Å². The molecule has 0 bridgehead atoms. The number of amides is 2. The molecule has 2 heterocycles. The molecule has 2 aromatic rings. The average molecular weight is 472 g/mol. The normalized spacial score (nSPS) is 17.6. The maximum atomic E-state index is 12.6. The van der Waals surface area contributed by atoms with Gasteiger partial charge in [-0.3, -0.25) is 25.0 Å². The number of fused-ring (bicyclic) bond motifs is 1. The highest BCUT2D eigenvalue weighted by Crippen LogP contribution is 2.21. The van der Waals surface area contributed by atoms with Crippen LogP contribution in [0.4, 0.5) is 5.82 Å². The molecule has 1 aromatic carbocycles. The highest BCUT2D eigenvalue weighted by molar-refractivity contribution is 9.10. The number of aromatic nitrogens is 1. The van der Waals surface area contributed by atoms with Gasteiger partial charge in [0.05, 0.1) is 11.6 Å². The van der Waals surface area contributed by atoms with Crippen LogP contribution in [0.3, 0.4) is 0 Å². The topological polar surface area (TPSA) is 104 Å². The molecule has 0 aliphatic carbocycles. The molecule has 10 heteroatoms. The second-order valence-electron chi connectivity index (χ2n) is 6.64. The van der Waals surface area contributed by atoms with Crippen molar-refractivity contribution in [1.82, 2.24) is 20.8 Å². The van der Waals surface area contributed by atoms with Gasteiger partial charge < -0.3 is 5.73 Å². The summed E-state index contributed by atoms with van der Waals surface area (Å²) in [5, 5.41) is 4.03. The number of anilines is 1. The zero-order valence-corrected chi connectivity index (χ0v) is 18.1. The summed E-state index contributed by atoms with van der Waals surface area (Å²) < 4.78 is 0.941. The number of pyridine rings is 1. The lowest BCUT2D eigenvalue weighted by molar-refractivity contribution is -0.140. The molecule has 0 saturated carbocycles. The van der Waals surface area contributed by atoms with Crippen LogP contribution in [-0.4, -0.2) is 47.5 Å². The Morgan fingerprint density at radius 1 is 1.39 bits per heavy atom. The molecule has 2 amide bonds. The van der Waals surface area contributed by atoms with E-state index < -0.39 is 12.1 Å². The fourth-order valence-electron chi connectivity index (χ4n) is 2.95. The van der Waals surface area contributed by atoms with Gasteiger partial charge in [-0.1, -0.05) is 22.0 Å². The molecule has 0 radical (unpaired) electrons. The molecule has 152 valence electrons. The van der Waals surface area contributed by atoms with E-state index in [0.29, 0.717) is 18.8 Å². The summed E-state index contributed by atoms with van der Waals surface area (Å²) in [7, 11) is 1.73. The van der Waals surface area contributed by atoms with Crippen molar-refractivity contribution in [1.29, 1.82) is 0 Å². The largest absolute Gasteiger partial charge is 0.320 e. The first kappa shape index (κ1) is 22.4. The van der Waals surface area contributed by atoms with Crippen LogP contribution in [0.2, 0.25) is 0 Å². The van der Waals surface area contributed by atoms with Gasteiger partial charge in [-0.15, -0.1) is 12.4 Å². The molecular formula is C18H24BrClN6O2. The summed E-state index contributed by atoms with van der Waals surface area (Å²) in [4.78, 5) is 29.2. The van der Waals surface area contributed by atoms with Crippen molar-refractivity contribution in [2.75, 3.05) is 18.6 Å². The fourth-order valence-corrected chi connectivity index (χ4v) is 3.30. The number of nitrogens with one attached hydrogen (secondary N) is 2. The van der Waals surface area contributed by atoms with Crippen molar-refractivity contribution in [2.24, 2.45) is 5.73 Å². The Morgan fingerprint density at radius 2 is 2.11 bits per heavy atom. The van der Waals surface area contributed by atoms with E-state index in [4.69, 9.17) is 5.73 Å². The van der Waals surface area contributed by atoms with E-state index in [1.54, 1.807) is 19.0 Å². The van der Waals surface area contributed by atoms with Gasteiger partial charge in [-0.05, 0) is 44.0 Å². The Balaban J connectivity index is 0.00000280. The predicted octanol–water partition coefficient (Wildman–Crippen LogP) is 1.73. The number of hydrogen-bond donors (Lipinski definition) is 3. The van der Waals surface area contributed by atoms with Gasteiger partial charge in [0, 0.05) is 23.5 Å². The van der Waals surface area contributed by atoms with Gasteiger partial charge in [-0.25, -0.2) is 10.4 Å². The van der Waals surface area contributed by atoms with Crippen LogP contribution in [-0.2, 0) is 9.59 Å². The summed E-state index contributed by atoms with van der Waals surface area (Å²) in [6.07, 6.45) is 1.37. The third-order valence-corrected chi connectivity index (χ3v) is 4.91. The Kier molecular flexibility index (Phi) is 7.59. The van der Waals surface area contributed by atoms with Gasteiger partial charge in [0.15, 0.2) is 0 Å². The average Bonchev–Trinajstić information content (AvgIpc) is 2.66. The maximum Gasteiger partial charge on any atom is 0.257 e. The van der Waals surface area contributed by atoms with Crippen LogP contribution in [0.5, 0.6) is 0 Å². The van der Waals surface area contributed by atoms with Gasteiger partial charge in [0.25, 0.3) is 11.8 Å². The quantitative estimate of drug-likeness (QED) is 0.587. The Labute approximate surface area is 178 Å². The monoisotopic (exact) mass is 470 g/mol. The number of halogens is 2. The molecule has 1 fully saturated rings. The second-order valence-corrected chi connectivity index (χ2v) is 7.56. The zero-order chi connectivity index (χ0) is 19.6. The number of nitrogens with two attached hydrogens (primary N) is 1. The minimum absolute atomic E-state index is 0. The minimum Gasteiger partial charge on any atom is -0.320 e. The number of rotatable bonds is 4. The van der Waals surface area contributed by atoms with Crippen LogP contribution < -0.4 is 21.6 Å². The smallest absolute Gasteiger partial charge is 0.257 e. The first-order chi connectivity index (χ1) is 12.8. The van der Waals surface area contributed by atoms with Crippen molar-refractivity contribution < 1.29 is 9.59 Å². The molecular weight excluding hydrogens is 448 g/mol. The first-order valence-corrected chi connectivity index (χ1v) is 9.58. The van der Waals surface area contributed by atoms with E-state index in [0.717, 1.165) is 21.8 Å². The summed E-state index contributed by atoms with van der Waals surface area (Å²) in [6, 6.07) is 8.55. The van der Waals surface area contributed by atoms with E-state index >= 15 is 0 Å². The third kappa shape index (κ3) is 5.11. The molecule has 1 saturated heterocycles. The summed E-state index contributed by atoms with van der Waals surface area (Å²) in [6.45, 7) is 2.17. The van der Waals surface area contributed by atoms with Gasteiger partial charge >= 0.3 is 0 Å². The molecule has 0 unspecified atom stereocenters. The molecule has 2 atom stereocenters. The second kappa shape index (κ2) is 9.51. The molecule has 4 N–H and O–H groups in total. The molecule has 1 aliphatic rings. The number of nitrogens with zero attached hydrogens (tertiary/aromatic N) is 3. The van der Waals surface area contributed by atoms with Crippen molar-refractivity contribution in [2.45, 2.75) is 31.8 Å². The number of carbonyl (C=O) groups excluding carboxylic acids is 2. The zero-order valence-electron chi connectivity index (χ0n) is 15.7. The lowest BCUT2D eigenvalue weighted by Crippen LogP contribution is -2.61. The van der Waals surface area contributed by atoms with E-state index in [9.17, 15) is 9.59 Å². The molecule has 1 aromatic heterocycles. The third-order valence-electron chi connectivity index (χ3n) is 4.42. The van der Waals surface area contributed by atoms with Crippen molar-refractivity contribution in [3.63, 3.8) is 0 Å². The predicted molar refractivity (Wildman–Crippen MR) is 115 cm³/mol. The maximum absolute atomic E-state index is 12.6. The Morgan fingerprint density at radius 3 is 2.82 bits per heavy atom. The Bertz CT molecular complexity index is 865. The summed E-state index contributed by atoms with van der Waals surface area (Å²) >= 11 is 3.44. The lowest BCUT2D eigenvalue weighted by Gasteiger charge is -2.34. The van der Waals surface area contributed by atoms with Gasteiger partial charge in [0.2, 0.25) is 0 Å².